The van der Waals surface area contributed by atoms with Crippen molar-refractivity contribution < 1.29 is 9.90 Å². The molecule has 2 aromatic carbocycles. The van der Waals surface area contributed by atoms with E-state index in [1.165, 1.54) is 0 Å². The largest absolute Gasteiger partial charge is 0.477 e. The molecule has 0 radical (unpaired) electrons. The molecule has 4 nitrogen and oxygen atoms in total. The lowest BCUT2D eigenvalue weighted by atomic mass is 9.89. The van der Waals surface area contributed by atoms with Gasteiger partial charge in [0.1, 0.15) is 0 Å². The molecule has 1 heterocycles. The number of hydrogen-bond donors (Lipinski definition) is 1. The molecular formula is C17H14Cl2N2O2. The molecule has 3 rings (SSSR count). The molecule has 0 fully saturated rings. The zero-order valence-electron chi connectivity index (χ0n) is 12.3. The van der Waals surface area contributed by atoms with Gasteiger partial charge < -0.3 is 5.11 Å². The summed E-state index contributed by atoms with van der Waals surface area (Å²) in [5.74, 6) is -1.36. The van der Waals surface area contributed by atoms with Crippen molar-refractivity contribution in [2.45, 2.75) is 18.9 Å². The van der Waals surface area contributed by atoms with Crippen LogP contribution in [0.3, 0.4) is 0 Å². The van der Waals surface area contributed by atoms with Crippen LogP contribution in [0.15, 0.2) is 53.6 Å². The summed E-state index contributed by atoms with van der Waals surface area (Å²) in [4.78, 5) is 11.6. The number of carboxylic acid groups (broad SMARTS) is 1. The highest BCUT2D eigenvalue weighted by atomic mass is 35.5. The Hall–Kier alpha value is -2.04. The van der Waals surface area contributed by atoms with Crippen molar-refractivity contribution in [2.24, 2.45) is 5.10 Å². The second-order valence-electron chi connectivity index (χ2n) is 5.36. The van der Waals surface area contributed by atoms with Crippen LogP contribution in [0.2, 0.25) is 10.0 Å². The van der Waals surface area contributed by atoms with Gasteiger partial charge in [-0.1, -0.05) is 53.5 Å². The highest BCUT2D eigenvalue weighted by Crippen LogP contribution is 2.38. The molecule has 1 N–H and O–H groups in total. The Morgan fingerprint density at radius 2 is 1.87 bits per heavy atom. The second kappa shape index (κ2) is 6.22. The molecule has 23 heavy (non-hydrogen) atoms. The molecule has 2 atom stereocenters. The standard InChI is InChI=1S/C17H14Cl2N2O2/c1-10-15(11-5-3-2-4-6-11)16(17(22)23)20-21(10)14-8-7-12(18)9-13(14)19/h2-10,15H,1H3,(H,22,23)/t10-,15+/m0/s1. The summed E-state index contributed by atoms with van der Waals surface area (Å²) in [5.41, 5.74) is 1.66. The first-order valence-corrected chi connectivity index (χ1v) is 7.85. The summed E-state index contributed by atoms with van der Waals surface area (Å²) in [6.45, 7) is 1.93. The number of hydrazone groups is 1. The van der Waals surface area contributed by atoms with Gasteiger partial charge in [-0.05, 0) is 30.7 Å². The molecule has 1 aliphatic rings. The molecule has 0 aliphatic carbocycles. The fourth-order valence-corrected chi connectivity index (χ4v) is 3.35. The molecule has 118 valence electrons. The van der Waals surface area contributed by atoms with E-state index in [2.05, 4.69) is 5.10 Å². The zero-order chi connectivity index (χ0) is 16.6. The van der Waals surface area contributed by atoms with Crippen molar-refractivity contribution in [1.82, 2.24) is 0 Å². The maximum absolute atomic E-state index is 11.6. The number of benzene rings is 2. The summed E-state index contributed by atoms with van der Waals surface area (Å²) < 4.78 is 0. The predicted molar refractivity (Wildman–Crippen MR) is 92.7 cm³/mol. The van der Waals surface area contributed by atoms with Gasteiger partial charge in [-0.2, -0.15) is 5.10 Å². The SMILES string of the molecule is C[C@H]1[C@H](c2ccccc2)C(C(=O)O)=NN1c1ccc(Cl)cc1Cl. The number of aliphatic carboxylic acids is 1. The number of halogens is 2. The van der Waals surface area contributed by atoms with Crippen LogP contribution in [0.4, 0.5) is 5.69 Å². The molecule has 0 aromatic heterocycles. The van der Waals surface area contributed by atoms with Crippen LogP contribution in [0.25, 0.3) is 0 Å². The van der Waals surface area contributed by atoms with E-state index in [0.717, 1.165) is 5.56 Å². The van der Waals surface area contributed by atoms with Crippen molar-refractivity contribution in [3.63, 3.8) is 0 Å². The van der Waals surface area contributed by atoms with E-state index in [1.54, 1.807) is 23.2 Å². The lowest BCUT2D eigenvalue weighted by Crippen LogP contribution is -2.30. The second-order valence-corrected chi connectivity index (χ2v) is 6.20. The van der Waals surface area contributed by atoms with Gasteiger partial charge in [-0.3, -0.25) is 5.01 Å². The van der Waals surface area contributed by atoms with Crippen molar-refractivity contribution in [3.05, 3.63) is 64.1 Å². The third kappa shape index (κ3) is 2.92. The summed E-state index contributed by atoms with van der Waals surface area (Å²) in [5, 5.41) is 16.4. The summed E-state index contributed by atoms with van der Waals surface area (Å²) in [6, 6.07) is 14.4. The molecule has 2 aromatic rings. The zero-order valence-corrected chi connectivity index (χ0v) is 13.8. The number of anilines is 1. The molecule has 1 aliphatic heterocycles. The van der Waals surface area contributed by atoms with E-state index >= 15 is 0 Å². The smallest absolute Gasteiger partial charge is 0.352 e. The van der Waals surface area contributed by atoms with E-state index in [4.69, 9.17) is 23.2 Å². The summed E-state index contributed by atoms with van der Waals surface area (Å²) >= 11 is 12.2. The fraction of sp³-hybridized carbons (Fsp3) is 0.176. The number of carboxylic acids is 1. The van der Waals surface area contributed by atoms with Crippen molar-refractivity contribution in [1.29, 1.82) is 0 Å². The van der Waals surface area contributed by atoms with E-state index in [0.29, 0.717) is 15.7 Å². The minimum Gasteiger partial charge on any atom is -0.477 e. The first kappa shape index (κ1) is 15.8. The molecular weight excluding hydrogens is 335 g/mol. The van der Waals surface area contributed by atoms with Crippen LogP contribution < -0.4 is 5.01 Å². The average molecular weight is 349 g/mol. The Morgan fingerprint density at radius 1 is 1.17 bits per heavy atom. The first-order chi connectivity index (χ1) is 11.0. The van der Waals surface area contributed by atoms with Crippen LogP contribution in [0.5, 0.6) is 0 Å². The van der Waals surface area contributed by atoms with Gasteiger partial charge in [0.15, 0.2) is 5.71 Å². The van der Waals surface area contributed by atoms with E-state index < -0.39 is 5.97 Å². The van der Waals surface area contributed by atoms with Crippen molar-refractivity contribution in [3.8, 4) is 0 Å². The summed E-state index contributed by atoms with van der Waals surface area (Å²) in [6.07, 6.45) is 0. The molecule has 6 heteroatoms. The van der Waals surface area contributed by atoms with E-state index in [9.17, 15) is 9.90 Å². The number of hydrogen-bond acceptors (Lipinski definition) is 3. The maximum atomic E-state index is 11.6. The molecule has 0 spiro atoms. The predicted octanol–water partition coefficient (Wildman–Crippen LogP) is 4.43. The summed E-state index contributed by atoms with van der Waals surface area (Å²) in [7, 11) is 0. The van der Waals surface area contributed by atoms with Gasteiger partial charge in [0.2, 0.25) is 0 Å². The number of rotatable bonds is 3. The van der Waals surface area contributed by atoms with Crippen LogP contribution in [0, 0.1) is 0 Å². The van der Waals surface area contributed by atoms with Gasteiger partial charge in [0.05, 0.1) is 22.7 Å². The van der Waals surface area contributed by atoms with Gasteiger partial charge in [-0.15, -0.1) is 0 Å². The number of nitrogens with zero attached hydrogens (tertiary/aromatic N) is 2. The Balaban J connectivity index is 2.06. The molecule has 0 amide bonds. The highest BCUT2D eigenvalue weighted by molar-refractivity contribution is 6.39. The minimum atomic E-state index is -1.03. The van der Waals surface area contributed by atoms with Gasteiger partial charge >= 0.3 is 5.97 Å². The Morgan fingerprint density at radius 3 is 2.48 bits per heavy atom. The van der Waals surface area contributed by atoms with Crippen LogP contribution >= 0.6 is 23.2 Å². The van der Waals surface area contributed by atoms with Crippen molar-refractivity contribution in [2.75, 3.05) is 5.01 Å². The van der Waals surface area contributed by atoms with Crippen LogP contribution in [0.1, 0.15) is 18.4 Å². The monoisotopic (exact) mass is 348 g/mol. The van der Waals surface area contributed by atoms with E-state index in [1.807, 2.05) is 37.3 Å². The Bertz CT molecular complexity index is 777. The van der Waals surface area contributed by atoms with Crippen molar-refractivity contribution >= 4 is 40.6 Å². The maximum Gasteiger partial charge on any atom is 0.352 e. The Labute approximate surface area is 143 Å². The Kier molecular flexibility index (Phi) is 4.28. The first-order valence-electron chi connectivity index (χ1n) is 7.10. The third-order valence-electron chi connectivity index (χ3n) is 3.91. The minimum absolute atomic E-state index is 0.106. The topological polar surface area (TPSA) is 52.9 Å². The van der Waals surface area contributed by atoms with Gasteiger partial charge in [0.25, 0.3) is 0 Å². The highest BCUT2D eigenvalue weighted by Gasteiger charge is 2.40. The molecule has 0 bridgehead atoms. The molecule has 0 saturated carbocycles. The lowest BCUT2D eigenvalue weighted by molar-refractivity contribution is -0.129. The normalized spacial score (nSPS) is 20.5. The fourth-order valence-electron chi connectivity index (χ4n) is 2.85. The number of carbonyl (C=O) groups is 1. The molecule has 0 unspecified atom stereocenters. The van der Waals surface area contributed by atoms with Gasteiger partial charge in [-0.25, -0.2) is 4.79 Å². The average Bonchev–Trinajstić information content (AvgIpc) is 2.86. The lowest BCUT2D eigenvalue weighted by Gasteiger charge is -2.25. The molecule has 0 saturated heterocycles. The third-order valence-corrected chi connectivity index (χ3v) is 4.45. The van der Waals surface area contributed by atoms with Crippen LogP contribution in [-0.2, 0) is 4.79 Å². The van der Waals surface area contributed by atoms with E-state index in [-0.39, 0.29) is 17.7 Å². The quantitative estimate of drug-likeness (QED) is 0.892. The van der Waals surface area contributed by atoms with Gasteiger partial charge in [0, 0.05) is 5.02 Å². The van der Waals surface area contributed by atoms with Crippen LogP contribution in [-0.4, -0.2) is 22.8 Å².